The van der Waals surface area contributed by atoms with Crippen molar-refractivity contribution < 1.29 is 14.3 Å². The summed E-state index contributed by atoms with van der Waals surface area (Å²) in [6.07, 6.45) is 4.17. The second-order valence-electron chi connectivity index (χ2n) is 5.60. The molecule has 0 bridgehead atoms. The lowest BCUT2D eigenvalue weighted by Gasteiger charge is -2.24. The lowest BCUT2D eigenvalue weighted by molar-refractivity contribution is -0.134. The number of nitrogens with zero attached hydrogens (tertiary/aromatic N) is 2. The third-order valence-electron chi connectivity index (χ3n) is 4.20. The molecule has 0 N–H and O–H groups in total. The molecule has 0 radical (unpaired) electrons. The first-order valence-electron chi connectivity index (χ1n) is 7.18. The van der Waals surface area contributed by atoms with Crippen LogP contribution in [-0.4, -0.2) is 66.3 Å². The Morgan fingerprint density at radius 3 is 2.79 bits per heavy atom. The third kappa shape index (κ3) is 3.05. The first kappa shape index (κ1) is 13.6. The summed E-state index contributed by atoms with van der Waals surface area (Å²) in [5, 5.41) is 0. The van der Waals surface area contributed by atoms with Crippen LogP contribution in [0, 0.1) is 0 Å². The van der Waals surface area contributed by atoms with E-state index in [1.54, 1.807) is 4.42 Å². The molecular weight excluding hydrogens is 268 g/mol. The maximum absolute atomic E-state index is 12.4. The maximum atomic E-state index is 12.4. The Bertz CT molecular complexity index is 336. The molecule has 0 saturated carbocycles. The van der Waals surface area contributed by atoms with Gasteiger partial charge in [0.1, 0.15) is 6.04 Å². The highest BCUT2D eigenvalue weighted by Crippen LogP contribution is 2.24. The van der Waals surface area contributed by atoms with Crippen LogP contribution in [0.25, 0.3) is 0 Å². The number of likely N-dealkylation sites (tertiary alicyclic amines) is 1. The normalized spacial score (nSPS) is 36.3. The van der Waals surface area contributed by atoms with E-state index >= 15 is 0 Å². The molecule has 3 fully saturated rings. The number of carbonyl (C=O) groups excluding carboxylic acids is 1. The van der Waals surface area contributed by atoms with Gasteiger partial charge < -0.3 is 14.4 Å². The predicted molar refractivity (Wildman–Crippen MR) is 70.9 cm³/mol. The fourth-order valence-corrected chi connectivity index (χ4v) is 3.42. The fraction of sp³-hybridized carbons (Fsp3) is 0.923. The quantitative estimate of drug-likeness (QED) is 0.727. The molecule has 3 aliphatic heterocycles. The molecule has 5 nitrogen and oxygen atoms in total. The Hall–Kier alpha value is -0.360. The van der Waals surface area contributed by atoms with Gasteiger partial charge in [-0.15, -0.1) is 0 Å². The highest BCUT2D eigenvalue weighted by atomic mass is 35.5. The number of amides is 1. The van der Waals surface area contributed by atoms with Gasteiger partial charge in [0.15, 0.2) is 0 Å². The highest BCUT2D eigenvalue weighted by Gasteiger charge is 2.37. The summed E-state index contributed by atoms with van der Waals surface area (Å²) in [4.78, 5) is 14.3. The lowest BCUT2D eigenvalue weighted by atomic mass is 10.2. The van der Waals surface area contributed by atoms with Crippen molar-refractivity contribution in [3.8, 4) is 0 Å². The second-order valence-corrected chi connectivity index (χ2v) is 6.03. The molecule has 0 spiro atoms. The summed E-state index contributed by atoms with van der Waals surface area (Å²) in [6.45, 7) is 3.80. The molecule has 1 amide bonds. The topological polar surface area (TPSA) is 42.0 Å². The van der Waals surface area contributed by atoms with E-state index in [4.69, 9.17) is 21.3 Å². The highest BCUT2D eigenvalue weighted by molar-refractivity contribution is 6.15. The van der Waals surface area contributed by atoms with E-state index in [0.29, 0.717) is 13.2 Å². The van der Waals surface area contributed by atoms with Crippen molar-refractivity contribution in [1.29, 1.82) is 0 Å². The summed E-state index contributed by atoms with van der Waals surface area (Å²) >= 11 is 6.06. The molecule has 0 aromatic heterocycles. The largest absolute Gasteiger partial charge is 0.379 e. The molecule has 6 heteroatoms. The summed E-state index contributed by atoms with van der Waals surface area (Å²) in [6, 6.07) is -0.129. The standard InChI is InChI=1S/C13H21ClN2O3/c14-16-5-1-2-12(16)13(17)15-6-3-10(8-15)19-11-4-7-18-9-11/h10-12H,1-9H2/t10-,11-,12+/m1/s1. The lowest BCUT2D eigenvalue weighted by Crippen LogP contribution is -2.42. The van der Waals surface area contributed by atoms with Crippen LogP contribution in [0.2, 0.25) is 0 Å². The van der Waals surface area contributed by atoms with E-state index in [2.05, 4.69) is 0 Å². The van der Waals surface area contributed by atoms with Crippen LogP contribution in [-0.2, 0) is 14.3 Å². The third-order valence-corrected chi connectivity index (χ3v) is 4.61. The maximum Gasteiger partial charge on any atom is 0.241 e. The summed E-state index contributed by atoms with van der Waals surface area (Å²) in [5.74, 6) is 0.168. The van der Waals surface area contributed by atoms with Crippen LogP contribution < -0.4 is 0 Å². The summed E-state index contributed by atoms with van der Waals surface area (Å²) in [7, 11) is 0. The van der Waals surface area contributed by atoms with Gasteiger partial charge in [-0.2, -0.15) is 0 Å². The first-order chi connectivity index (χ1) is 9.24. The van der Waals surface area contributed by atoms with Crippen LogP contribution in [0.4, 0.5) is 0 Å². The van der Waals surface area contributed by atoms with E-state index in [1.165, 1.54) is 0 Å². The van der Waals surface area contributed by atoms with Gasteiger partial charge in [-0.05, 0) is 37.5 Å². The van der Waals surface area contributed by atoms with Gasteiger partial charge in [-0.3, -0.25) is 4.79 Å². The zero-order chi connectivity index (χ0) is 13.2. The first-order valence-corrected chi connectivity index (χ1v) is 7.52. The molecule has 3 heterocycles. The number of carbonyl (C=O) groups is 1. The number of hydrogen-bond donors (Lipinski definition) is 0. The molecule has 3 aliphatic rings. The van der Waals surface area contributed by atoms with Gasteiger partial charge in [0.2, 0.25) is 5.91 Å². The average Bonchev–Trinajstić information content (AvgIpc) is 3.10. The monoisotopic (exact) mass is 288 g/mol. The van der Waals surface area contributed by atoms with E-state index in [9.17, 15) is 4.79 Å². The Kier molecular flexibility index (Phi) is 4.27. The molecule has 0 aromatic carbocycles. The fourth-order valence-electron chi connectivity index (χ4n) is 3.12. The minimum Gasteiger partial charge on any atom is -0.379 e. The number of ether oxygens (including phenoxy) is 2. The molecule has 3 rings (SSSR count). The Balaban J connectivity index is 1.49. The van der Waals surface area contributed by atoms with Gasteiger partial charge in [0.05, 0.1) is 18.8 Å². The zero-order valence-electron chi connectivity index (χ0n) is 11.1. The molecule has 0 aliphatic carbocycles. The van der Waals surface area contributed by atoms with Crippen LogP contribution >= 0.6 is 11.8 Å². The van der Waals surface area contributed by atoms with E-state index in [-0.39, 0.29) is 24.2 Å². The van der Waals surface area contributed by atoms with Crippen molar-refractivity contribution in [2.24, 2.45) is 0 Å². The number of halogens is 1. The van der Waals surface area contributed by atoms with Crippen LogP contribution in [0.15, 0.2) is 0 Å². The molecule has 0 unspecified atom stereocenters. The van der Waals surface area contributed by atoms with Crippen molar-refractivity contribution in [1.82, 2.24) is 9.32 Å². The Morgan fingerprint density at radius 1 is 1.21 bits per heavy atom. The van der Waals surface area contributed by atoms with Gasteiger partial charge in [0.25, 0.3) is 0 Å². The van der Waals surface area contributed by atoms with Crippen molar-refractivity contribution in [3.63, 3.8) is 0 Å². The summed E-state index contributed by atoms with van der Waals surface area (Å²) < 4.78 is 12.9. The van der Waals surface area contributed by atoms with Crippen LogP contribution in [0.1, 0.15) is 25.7 Å². The van der Waals surface area contributed by atoms with E-state index < -0.39 is 0 Å². The molecule has 108 valence electrons. The molecule has 3 saturated heterocycles. The summed E-state index contributed by atoms with van der Waals surface area (Å²) in [5.41, 5.74) is 0. The average molecular weight is 289 g/mol. The number of hydrogen-bond acceptors (Lipinski definition) is 4. The van der Waals surface area contributed by atoms with Crippen molar-refractivity contribution in [3.05, 3.63) is 0 Å². The smallest absolute Gasteiger partial charge is 0.241 e. The SMILES string of the molecule is O=C([C@@H]1CCCN1Cl)N1CC[C@@H](O[C@@H]2CCOC2)C1. The zero-order valence-corrected chi connectivity index (χ0v) is 11.8. The minimum absolute atomic E-state index is 0.129. The molecule has 0 aromatic rings. The molecule has 3 atom stereocenters. The Morgan fingerprint density at radius 2 is 2.11 bits per heavy atom. The predicted octanol–water partition coefficient (Wildman–Crippen LogP) is 1.01. The molecule has 19 heavy (non-hydrogen) atoms. The number of rotatable bonds is 3. The molecular formula is C13H21ClN2O3. The van der Waals surface area contributed by atoms with E-state index in [1.807, 2.05) is 4.90 Å². The Labute approximate surface area is 118 Å². The van der Waals surface area contributed by atoms with Crippen LogP contribution in [0.5, 0.6) is 0 Å². The minimum atomic E-state index is -0.129. The van der Waals surface area contributed by atoms with Gasteiger partial charge in [-0.25, -0.2) is 4.42 Å². The van der Waals surface area contributed by atoms with E-state index in [0.717, 1.165) is 45.4 Å². The van der Waals surface area contributed by atoms with Crippen molar-refractivity contribution >= 4 is 17.7 Å². The van der Waals surface area contributed by atoms with Crippen molar-refractivity contribution in [2.75, 3.05) is 32.8 Å². The van der Waals surface area contributed by atoms with Crippen LogP contribution in [0.3, 0.4) is 0 Å². The van der Waals surface area contributed by atoms with Gasteiger partial charge >= 0.3 is 0 Å². The van der Waals surface area contributed by atoms with Crippen molar-refractivity contribution in [2.45, 2.75) is 43.9 Å². The van der Waals surface area contributed by atoms with Gasteiger partial charge in [-0.1, -0.05) is 0 Å². The second kappa shape index (κ2) is 5.95. The van der Waals surface area contributed by atoms with Gasteiger partial charge in [0, 0.05) is 26.2 Å².